The van der Waals surface area contributed by atoms with Gasteiger partial charge in [0.25, 0.3) is 5.91 Å². The lowest BCUT2D eigenvalue weighted by Gasteiger charge is -2.07. The van der Waals surface area contributed by atoms with Gasteiger partial charge in [-0.05, 0) is 13.0 Å². The minimum atomic E-state index is -0.220. The predicted molar refractivity (Wildman–Crippen MR) is 75.8 cm³/mol. The van der Waals surface area contributed by atoms with Crippen molar-refractivity contribution < 1.29 is 4.79 Å². The molecule has 0 atom stereocenters. The van der Waals surface area contributed by atoms with Crippen molar-refractivity contribution in [3.05, 3.63) is 35.0 Å². The standard InChI is InChI=1S/C12H15ClN6O/c1-2-14-11-9(13)5-8(6-16-11)12(20)15-4-3-10-17-7-18-19-10/h5-7H,2-4H2,1H3,(H,14,16)(H,15,20)(H,17,18,19). The van der Waals surface area contributed by atoms with Gasteiger partial charge in [0.15, 0.2) is 0 Å². The fourth-order valence-corrected chi connectivity index (χ4v) is 1.84. The summed E-state index contributed by atoms with van der Waals surface area (Å²) >= 11 is 6.04. The lowest BCUT2D eigenvalue weighted by Crippen LogP contribution is -2.26. The van der Waals surface area contributed by atoms with Crippen molar-refractivity contribution in [1.29, 1.82) is 0 Å². The summed E-state index contributed by atoms with van der Waals surface area (Å²) in [6, 6.07) is 1.59. The van der Waals surface area contributed by atoms with Crippen molar-refractivity contribution in [2.75, 3.05) is 18.4 Å². The summed E-state index contributed by atoms with van der Waals surface area (Å²) in [5.41, 5.74) is 0.425. The van der Waals surface area contributed by atoms with E-state index in [2.05, 4.69) is 30.8 Å². The van der Waals surface area contributed by atoms with Crippen LogP contribution in [0.4, 0.5) is 5.82 Å². The molecular formula is C12H15ClN6O. The number of amides is 1. The normalized spacial score (nSPS) is 10.3. The quantitative estimate of drug-likeness (QED) is 0.745. The molecule has 2 aromatic rings. The molecule has 2 rings (SSSR count). The van der Waals surface area contributed by atoms with Crippen LogP contribution in [0, 0.1) is 0 Å². The maximum absolute atomic E-state index is 11.9. The maximum atomic E-state index is 11.9. The first kappa shape index (κ1) is 14.3. The summed E-state index contributed by atoms with van der Waals surface area (Å²) in [5, 5.41) is 12.7. The molecule has 0 saturated carbocycles. The zero-order valence-electron chi connectivity index (χ0n) is 11.0. The molecule has 0 aliphatic heterocycles. The first-order chi connectivity index (χ1) is 9.70. The van der Waals surface area contributed by atoms with E-state index in [1.165, 1.54) is 12.5 Å². The number of halogens is 1. The number of hydrogen-bond donors (Lipinski definition) is 3. The van der Waals surface area contributed by atoms with E-state index in [4.69, 9.17) is 11.6 Å². The Hall–Kier alpha value is -2.15. The molecule has 3 N–H and O–H groups in total. The SMILES string of the molecule is CCNc1ncc(C(=O)NCCc2ncn[nH]2)cc1Cl. The molecule has 106 valence electrons. The van der Waals surface area contributed by atoms with Crippen molar-refractivity contribution in [3.63, 3.8) is 0 Å². The van der Waals surface area contributed by atoms with E-state index in [0.29, 0.717) is 29.4 Å². The number of nitrogens with zero attached hydrogens (tertiary/aromatic N) is 3. The fourth-order valence-electron chi connectivity index (χ4n) is 1.61. The van der Waals surface area contributed by atoms with Crippen LogP contribution >= 0.6 is 11.6 Å². The molecule has 0 aliphatic carbocycles. The highest BCUT2D eigenvalue weighted by molar-refractivity contribution is 6.33. The van der Waals surface area contributed by atoms with Crippen LogP contribution in [0.2, 0.25) is 5.02 Å². The Labute approximate surface area is 121 Å². The number of pyridine rings is 1. The summed E-state index contributed by atoms with van der Waals surface area (Å²) in [7, 11) is 0. The van der Waals surface area contributed by atoms with E-state index < -0.39 is 0 Å². The van der Waals surface area contributed by atoms with E-state index in [1.54, 1.807) is 6.07 Å². The van der Waals surface area contributed by atoms with Crippen molar-refractivity contribution in [1.82, 2.24) is 25.5 Å². The van der Waals surface area contributed by atoms with Gasteiger partial charge in [0.1, 0.15) is 18.0 Å². The second kappa shape index (κ2) is 6.85. The van der Waals surface area contributed by atoms with E-state index in [-0.39, 0.29) is 5.91 Å². The first-order valence-electron chi connectivity index (χ1n) is 6.22. The Morgan fingerprint density at radius 3 is 2.95 bits per heavy atom. The Morgan fingerprint density at radius 2 is 2.30 bits per heavy atom. The van der Waals surface area contributed by atoms with Gasteiger partial charge in [0.05, 0.1) is 10.6 Å². The van der Waals surface area contributed by atoms with E-state index in [1.807, 2.05) is 6.92 Å². The van der Waals surface area contributed by atoms with Gasteiger partial charge in [0.2, 0.25) is 0 Å². The van der Waals surface area contributed by atoms with Crippen molar-refractivity contribution in [3.8, 4) is 0 Å². The number of rotatable bonds is 6. The zero-order valence-corrected chi connectivity index (χ0v) is 11.7. The van der Waals surface area contributed by atoms with Crippen LogP contribution < -0.4 is 10.6 Å². The Bertz CT molecular complexity index is 571. The number of H-pyrrole nitrogens is 1. The molecular weight excluding hydrogens is 280 g/mol. The summed E-state index contributed by atoms with van der Waals surface area (Å²) in [6.45, 7) is 3.12. The molecule has 0 fully saturated rings. The highest BCUT2D eigenvalue weighted by Crippen LogP contribution is 2.19. The molecule has 0 aromatic carbocycles. The molecule has 7 nitrogen and oxygen atoms in total. The third-order valence-corrected chi connectivity index (χ3v) is 2.85. The van der Waals surface area contributed by atoms with Gasteiger partial charge in [-0.25, -0.2) is 9.97 Å². The number of aromatic nitrogens is 4. The topological polar surface area (TPSA) is 95.6 Å². The van der Waals surface area contributed by atoms with Gasteiger partial charge in [-0.15, -0.1) is 0 Å². The Morgan fingerprint density at radius 1 is 1.45 bits per heavy atom. The van der Waals surface area contributed by atoms with E-state index >= 15 is 0 Å². The average molecular weight is 295 g/mol. The summed E-state index contributed by atoms with van der Waals surface area (Å²) in [4.78, 5) is 20.0. The van der Waals surface area contributed by atoms with Crippen LogP contribution in [0.5, 0.6) is 0 Å². The molecule has 0 bridgehead atoms. The van der Waals surface area contributed by atoms with Gasteiger partial charge < -0.3 is 10.6 Å². The molecule has 0 radical (unpaired) electrons. The average Bonchev–Trinajstić information content (AvgIpc) is 2.94. The van der Waals surface area contributed by atoms with Gasteiger partial charge in [0, 0.05) is 25.7 Å². The minimum Gasteiger partial charge on any atom is -0.369 e. The molecule has 0 unspecified atom stereocenters. The Kier molecular flexibility index (Phi) is 4.89. The highest BCUT2D eigenvalue weighted by Gasteiger charge is 2.09. The Balaban J connectivity index is 1.90. The van der Waals surface area contributed by atoms with Crippen LogP contribution in [-0.4, -0.2) is 39.2 Å². The molecule has 0 aliphatic rings. The summed E-state index contributed by atoms with van der Waals surface area (Å²) in [5.74, 6) is 1.08. The van der Waals surface area contributed by atoms with Crippen LogP contribution in [0.25, 0.3) is 0 Å². The molecule has 8 heteroatoms. The maximum Gasteiger partial charge on any atom is 0.252 e. The third-order valence-electron chi connectivity index (χ3n) is 2.56. The monoisotopic (exact) mass is 294 g/mol. The number of aromatic amines is 1. The number of hydrogen-bond acceptors (Lipinski definition) is 5. The number of carbonyl (C=O) groups is 1. The van der Waals surface area contributed by atoms with Gasteiger partial charge >= 0.3 is 0 Å². The van der Waals surface area contributed by atoms with Gasteiger partial charge in [-0.3, -0.25) is 9.89 Å². The van der Waals surface area contributed by atoms with Crippen molar-refractivity contribution in [2.24, 2.45) is 0 Å². The summed E-state index contributed by atoms with van der Waals surface area (Å²) < 4.78 is 0. The number of anilines is 1. The first-order valence-corrected chi connectivity index (χ1v) is 6.60. The molecule has 0 saturated heterocycles. The van der Waals surface area contributed by atoms with Crippen molar-refractivity contribution >= 4 is 23.3 Å². The molecule has 1 amide bonds. The van der Waals surface area contributed by atoms with Crippen LogP contribution in [0.1, 0.15) is 23.1 Å². The number of nitrogens with one attached hydrogen (secondary N) is 3. The number of carbonyl (C=O) groups excluding carboxylic acids is 1. The van der Waals surface area contributed by atoms with Crippen LogP contribution in [0.15, 0.2) is 18.6 Å². The van der Waals surface area contributed by atoms with Crippen LogP contribution in [-0.2, 0) is 6.42 Å². The lowest BCUT2D eigenvalue weighted by molar-refractivity contribution is 0.0953. The molecule has 0 spiro atoms. The molecule has 20 heavy (non-hydrogen) atoms. The second-order valence-corrected chi connectivity index (χ2v) is 4.43. The zero-order chi connectivity index (χ0) is 14.4. The molecule has 2 heterocycles. The largest absolute Gasteiger partial charge is 0.369 e. The van der Waals surface area contributed by atoms with Crippen LogP contribution in [0.3, 0.4) is 0 Å². The smallest absolute Gasteiger partial charge is 0.252 e. The van der Waals surface area contributed by atoms with Gasteiger partial charge in [-0.2, -0.15) is 5.10 Å². The minimum absolute atomic E-state index is 0.220. The van der Waals surface area contributed by atoms with E-state index in [9.17, 15) is 4.79 Å². The third kappa shape index (κ3) is 3.67. The second-order valence-electron chi connectivity index (χ2n) is 4.02. The predicted octanol–water partition coefficient (Wildman–Crippen LogP) is 1.26. The fraction of sp³-hybridized carbons (Fsp3) is 0.333. The van der Waals surface area contributed by atoms with E-state index in [0.717, 1.165) is 12.4 Å². The van der Waals surface area contributed by atoms with Crippen molar-refractivity contribution in [2.45, 2.75) is 13.3 Å². The highest BCUT2D eigenvalue weighted by atomic mass is 35.5. The lowest BCUT2D eigenvalue weighted by atomic mass is 10.2. The summed E-state index contributed by atoms with van der Waals surface area (Å²) in [6.07, 6.45) is 3.51. The molecule has 2 aromatic heterocycles. The van der Waals surface area contributed by atoms with Gasteiger partial charge in [-0.1, -0.05) is 11.6 Å².